The predicted octanol–water partition coefficient (Wildman–Crippen LogP) is 2.29. The van der Waals surface area contributed by atoms with Gasteiger partial charge in [-0.05, 0) is 44.5 Å². The second kappa shape index (κ2) is 6.89. The minimum atomic E-state index is 0.0173. The van der Waals surface area contributed by atoms with Gasteiger partial charge in [-0.15, -0.1) is 0 Å². The van der Waals surface area contributed by atoms with Crippen molar-refractivity contribution in [3.8, 4) is 5.75 Å². The van der Waals surface area contributed by atoms with Crippen LogP contribution in [0.1, 0.15) is 27.2 Å². The van der Waals surface area contributed by atoms with Gasteiger partial charge in [0.05, 0.1) is 0 Å². The molecule has 100 valence electrons. The lowest BCUT2D eigenvalue weighted by molar-refractivity contribution is -0.135. The zero-order chi connectivity index (χ0) is 13.5. The quantitative estimate of drug-likeness (QED) is 0.788. The third kappa shape index (κ3) is 3.95. The van der Waals surface area contributed by atoms with Crippen molar-refractivity contribution in [2.45, 2.75) is 33.2 Å². The second-order valence-corrected chi connectivity index (χ2v) is 4.29. The molecule has 1 amide bonds. The van der Waals surface area contributed by atoms with E-state index in [1.165, 1.54) is 0 Å². The van der Waals surface area contributed by atoms with E-state index in [1.54, 1.807) is 24.3 Å². The number of anilines is 1. The summed E-state index contributed by atoms with van der Waals surface area (Å²) in [5.74, 6) is 0.682. The summed E-state index contributed by atoms with van der Waals surface area (Å²) in [7, 11) is 0. The van der Waals surface area contributed by atoms with Crippen molar-refractivity contribution >= 4 is 11.6 Å². The van der Waals surface area contributed by atoms with Crippen LogP contribution < -0.4 is 10.5 Å². The van der Waals surface area contributed by atoms with Crippen LogP contribution in [0, 0.1) is 0 Å². The van der Waals surface area contributed by atoms with Gasteiger partial charge < -0.3 is 15.4 Å². The second-order valence-electron chi connectivity index (χ2n) is 4.29. The Labute approximate surface area is 109 Å². The zero-order valence-electron chi connectivity index (χ0n) is 11.3. The fourth-order valence-electron chi connectivity index (χ4n) is 1.75. The zero-order valence-corrected chi connectivity index (χ0v) is 11.3. The highest BCUT2D eigenvalue weighted by atomic mass is 16.5. The molecule has 4 heteroatoms. The van der Waals surface area contributed by atoms with E-state index in [4.69, 9.17) is 10.5 Å². The molecule has 0 fully saturated rings. The van der Waals surface area contributed by atoms with E-state index < -0.39 is 0 Å². The maximum atomic E-state index is 12.0. The van der Waals surface area contributed by atoms with Gasteiger partial charge in [0, 0.05) is 18.3 Å². The Bertz CT molecular complexity index is 376. The van der Waals surface area contributed by atoms with Gasteiger partial charge in [-0.1, -0.05) is 6.92 Å². The largest absolute Gasteiger partial charge is 0.484 e. The van der Waals surface area contributed by atoms with Gasteiger partial charge in [-0.3, -0.25) is 4.79 Å². The van der Waals surface area contributed by atoms with Crippen molar-refractivity contribution in [2.24, 2.45) is 0 Å². The number of rotatable bonds is 6. The first kappa shape index (κ1) is 14.4. The first-order chi connectivity index (χ1) is 8.58. The highest BCUT2D eigenvalue weighted by Crippen LogP contribution is 2.13. The Kier molecular flexibility index (Phi) is 5.49. The van der Waals surface area contributed by atoms with Crippen LogP contribution in [0.3, 0.4) is 0 Å². The minimum Gasteiger partial charge on any atom is -0.484 e. The molecule has 18 heavy (non-hydrogen) atoms. The Hall–Kier alpha value is -1.71. The van der Waals surface area contributed by atoms with E-state index in [1.807, 2.05) is 18.7 Å². The number of carbonyl (C=O) groups excluding carboxylic acids is 1. The number of hydrogen-bond acceptors (Lipinski definition) is 3. The molecule has 0 radical (unpaired) electrons. The molecule has 0 saturated heterocycles. The summed E-state index contributed by atoms with van der Waals surface area (Å²) >= 11 is 0. The molecule has 1 aromatic carbocycles. The van der Waals surface area contributed by atoms with Crippen molar-refractivity contribution in [1.29, 1.82) is 0 Å². The highest BCUT2D eigenvalue weighted by molar-refractivity contribution is 5.78. The Morgan fingerprint density at radius 1 is 1.33 bits per heavy atom. The van der Waals surface area contributed by atoms with Gasteiger partial charge in [0.25, 0.3) is 5.91 Å². The van der Waals surface area contributed by atoms with Crippen LogP contribution in [0.2, 0.25) is 0 Å². The molecule has 0 aromatic heterocycles. The molecule has 0 aliphatic carbocycles. The summed E-state index contributed by atoms with van der Waals surface area (Å²) < 4.78 is 5.45. The molecule has 0 heterocycles. The summed E-state index contributed by atoms with van der Waals surface area (Å²) in [4.78, 5) is 13.8. The molecular formula is C14H22N2O2. The summed E-state index contributed by atoms with van der Waals surface area (Å²) in [5, 5.41) is 0. The fourth-order valence-corrected chi connectivity index (χ4v) is 1.75. The molecule has 0 spiro atoms. The van der Waals surface area contributed by atoms with Crippen LogP contribution in [-0.2, 0) is 4.79 Å². The Morgan fingerprint density at radius 2 is 1.94 bits per heavy atom. The molecule has 0 aliphatic heterocycles. The number of hydrogen-bond donors (Lipinski definition) is 1. The number of ether oxygens (including phenoxy) is 1. The molecule has 1 unspecified atom stereocenters. The van der Waals surface area contributed by atoms with Crippen molar-refractivity contribution in [3.05, 3.63) is 24.3 Å². The Morgan fingerprint density at radius 3 is 2.44 bits per heavy atom. The molecule has 4 nitrogen and oxygen atoms in total. The van der Waals surface area contributed by atoms with Gasteiger partial charge in [0.2, 0.25) is 0 Å². The van der Waals surface area contributed by atoms with Gasteiger partial charge in [0.15, 0.2) is 6.61 Å². The van der Waals surface area contributed by atoms with Crippen LogP contribution in [-0.4, -0.2) is 30.0 Å². The van der Waals surface area contributed by atoms with Gasteiger partial charge in [-0.25, -0.2) is 0 Å². The standard InChI is InChI=1S/C14H22N2O2/c1-4-11(3)16(5-2)14(17)10-18-13-8-6-12(15)7-9-13/h6-9,11H,4-5,10,15H2,1-3H3. The summed E-state index contributed by atoms with van der Waals surface area (Å²) in [6.07, 6.45) is 0.946. The van der Waals surface area contributed by atoms with Crippen molar-refractivity contribution in [2.75, 3.05) is 18.9 Å². The van der Waals surface area contributed by atoms with Gasteiger partial charge >= 0.3 is 0 Å². The maximum absolute atomic E-state index is 12.0. The van der Waals surface area contributed by atoms with Crippen LogP contribution in [0.15, 0.2) is 24.3 Å². The number of carbonyl (C=O) groups is 1. The molecule has 2 N–H and O–H groups in total. The number of amides is 1. The van der Waals surface area contributed by atoms with E-state index in [0.29, 0.717) is 18.0 Å². The highest BCUT2D eigenvalue weighted by Gasteiger charge is 2.17. The number of benzene rings is 1. The lowest BCUT2D eigenvalue weighted by atomic mass is 10.2. The predicted molar refractivity (Wildman–Crippen MR) is 73.5 cm³/mol. The minimum absolute atomic E-state index is 0.0173. The van der Waals surface area contributed by atoms with E-state index in [2.05, 4.69) is 6.92 Å². The maximum Gasteiger partial charge on any atom is 0.260 e. The van der Waals surface area contributed by atoms with Crippen molar-refractivity contribution in [1.82, 2.24) is 4.90 Å². The molecule has 0 aliphatic rings. The molecule has 0 saturated carbocycles. The van der Waals surface area contributed by atoms with Crippen LogP contribution in [0.5, 0.6) is 5.75 Å². The molecule has 1 rings (SSSR count). The lowest BCUT2D eigenvalue weighted by Gasteiger charge is -2.27. The van der Waals surface area contributed by atoms with Crippen LogP contribution >= 0.6 is 0 Å². The average molecular weight is 250 g/mol. The summed E-state index contributed by atoms with van der Waals surface area (Å²) in [6, 6.07) is 7.29. The summed E-state index contributed by atoms with van der Waals surface area (Å²) in [5.41, 5.74) is 6.26. The topological polar surface area (TPSA) is 55.6 Å². The van der Waals surface area contributed by atoms with Gasteiger partial charge in [0.1, 0.15) is 5.75 Å². The van der Waals surface area contributed by atoms with Crippen molar-refractivity contribution < 1.29 is 9.53 Å². The third-order valence-corrected chi connectivity index (χ3v) is 3.03. The summed E-state index contributed by atoms with van der Waals surface area (Å²) in [6.45, 7) is 6.88. The SMILES string of the molecule is CCC(C)N(CC)C(=O)COc1ccc(N)cc1. The van der Waals surface area contributed by atoms with Crippen molar-refractivity contribution in [3.63, 3.8) is 0 Å². The number of nitrogen functional groups attached to an aromatic ring is 1. The lowest BCUT2D eigenvalue weighted by Crippen LogP contribution is -2.40. The third-order valence-electron chi connectivity index (χ3n) is 3.03. The van der Waals surface area contributed by atoms with E-state index in [-0.39, 0.29) is 18.6 Å². The number of likely N-dealkylation sites (N-methyl/N-ethyl adjacent to an activating group) is 1. The number of nitrogens with zero attached hydrogens (tertiary/aromatic N) is 1. The van der Waals surface area contributed by atoms with E-state index in [9.17, 15) is 4.79 Å². The molecule has 0 bridgehead atoms. The molecular weight excluding hydrogens is 228 g/mol. The average Bonchev–Trinajstić information content (AvgIpc) is 2.38. The normalized spacial score (nSPS) is 11.9. The van der Waals surface area contributed by atoms with Gasteiger partial charge in [-0.2, -0.15) is 0 Å². The van der Waals surface area contributed by atoms with Crippen LogP contribution in [0.25, 0.3) is 0 Å². The van der Waals surface area contributed by atoms with Crippen LogP contribution in [0.4, 0.5) is 5.69 Å². The first-order valence-corrected chi connectivity index (χ1v) is 6.36. The Balaban J connectivity index is 2.51. The van der Waals surface area contributed by atoms with E-state index >= 15 is 0 Å². The first-order valence-electron chi connectivity index (χ1n) is 6.36. The molecule has 1 atom stereocenters. The fraction of sp³-hybridized carbons (Fsp3) is 0.500. The number of nitrogens with two attached hydrogens (primary N) is 1. The smallest absolute Gasteiger partial charge is 0.260 e. The van der Waals surface area contributed by atoms with E-state index in [0.717, 1.165) is 6.42 Å². The monoisotopic (exact) mass is 250 g/mol. The molecule has 1 aromatic rings.